The number of anilines is 1. The zero-order valence-corrected chi connectivity index (χ0v) is 15.1. The Hall–Kier alpha value is -2.22. The van der Waals surface area contributed by atoms with Crippen LogP contribution in [0.2, 0.25) is 0 Å². The largest absolute Gasteiger partial charge is 0.373 e. The lowest BCUT2D eigenvalue weighted by atomic mass is 10.0. The highest BCUT2D eigenvalue weighted by Crippen LogP contribution is 2.29. The fourth-order valence-corrected chi connectivity index (χ4v) is 3.48. The van der Waals surface area contributed by atoms with Gasteiger partial charge in [-0.2, -0.15) is 0 Å². The molecule has 1 aromatic heterocycles. The lowest BCUT2D eigenvalue weighted by Gasteiger charge is -2.26. The number of hydrogen-bond acceptors (Lipinski definition) is 6. The van der Waals surface area contributed by atoms with Crippen LogP contribution in [0, 0.1) is 0 Å². The van der Waals surface area contributed by atoms with Gasteiger partial charge in [0.1, 0.15) is 11.6 Å². The summed E-state index contributed by atoms with van der Waals surface area (Å²) < 4.78 is 0. The number of likely N-dealkylation sites (N-methyl/N-ethyl adjacent to an activating group) is 1. The van der Waals surface area contributed by atoms with E-state index in [9.17, 15) is 9.59 Å². The van der Waals surface area contributed by atoms with Crippen LogP contribution in [-0.2, 0) is 22.6 Å². The van der Waals surface area contributed by atoms with Gasteiger partial charge in [-0.05, 0) is 19.9 Å². The molecule has 0 bridgehead atoms. The van der Waals surface area contributed by atoms with Gasteiger partial charge in [-0.25, -0.2) is 9.97 Å². The Morgan fingerprint density at radius 3 is 2.80 bits per heavy atom. The fraction of sp³-hybridized carbons (Fsp3) is 0.647. The molecule has 2 aliphatic rings. The summed E-state index contributed by atoms with van der Waals surface area (Å²) in [7, 11) is 3.99. The second-order valence-electron chi connectivity index (χ2n) is 6.83. The van der Waals surface area contributed by atoms with E-state index in [1.165, 1.54) is 12.5 Å². The Labute approximate surface area is 148 Å². The van der Waals surface area contributed by atoms with Gasteiger partial charge >= 0.3 is 0 Å². The van der Waals surface area contributed by atoms with Crippen molar-refractivity contribution in [3.8, 4) is 0 Å². The number of carbonyl (C=O) groups is 2. The SMILES string of the molecule is CNc1nc([C@@H]2CCN(C(=O)CNC(C)=O)C2)nc2c1CCN(C)C2. The van der Waals surface area contributed by atoms with Crippen LogP contribution >= 0.6 is 0 Å². The first kappa shape index (κ1) is 17.6. The summed E-state index contributed by atoms with van der Waals surface area (Å²) in [6, 6.07) is 0. The van der Waals surface area contributed by atoms with Crippen molar-refractivity contribution in [1.82, 2.24) is 25.1 Å². The first-order valence-electron chi connectivity index (χ1n) is 8.76. The zero-order chi connectivity index (χ0) is 18.0. The predicted molar refractivity (Wildman–Crippen MR) is 94.2 cm³/mol. The number of amides is 2. The summed E-state index contributed by atoms with van der Waals surface area (Å²) >= 11 is 0. The first-order valence-corrected chi connectivity index (χ1v) is 8.76. The van der Waals surface area contributed by atoms with Gasteiger partial charge in [0.2, 0.25) is 11.8 Å². The highest BCUT2D eigenvalue weighted by atomic mass is 16.2. The van der Waals surface area contributed by atoms with Crippen molar-refractivity contribution < 1.29 is 9.59 Å². The molecule has 0 aliphatic carbocycles. The van der Waals surface area contributed by atoms with Crippen LogP contribution in [0.4, 0.5) is 5.82 Å². The Bertz CT molecular complexity index is 677. The Balaban J connectivity index is 1.73. The molecule has 0 unspecified atom stereocenters. The number of nitrogens with zero attached hydrogens (tertiary/aromatic N) is 4. The van der Waals surface area contributed by atoms with Crippen LogP contribution in [0.1, 0.15) is 36.3 Å². The van der Waals surface area contributed by atoms with E-state index in [0.717, 1.165) is 43.3 Å². The topological polar surface area (TPSA) is 90.5 Å². The zero-order valence-electron chi connectivity index (χ0n) is 15.1. The molecule has 3 heterocycles. The maximum absolute atomic E-state index is 12.2. The van der Waals surface area contributed by atoms with Crippen LogP contribution < -0.4 is 10.6 Å². The highest BCUT2D eigenvalue weighted by Gasteiger charge is 2.31. The number of aromatic nitrogens is 2. The van der Waals surface area contributed by atoms with Crippen LogP contribution in [0.25, 0.3) is 0 Å². The van der Waals surface area contributed by atoms with Crippen molar-refractivity contribution >= 4 is 17.6 Å². The number of likely N-dealkylation sites (tertiary alicyclic amines) is 1. The molecule has 136 valence electrons. The first-order chi connectivity index (χ1) is 12.0. The molecule has 0 aromatic carbocycles. The van der Waals surface area contributed by atoms with Gasteiger partial charge in [-0.15, -0.1) is 0 Å². The monoisotopic (exact) mass is 346 g/mol. The molecular weight excluding hydrogens is 320 g/mol. The minimum Gasteiger partial charge on any atom is -0.373 e. The van der Waals surface area contributed by atoms with E-state index in [-0.39, 0.29) is 24.3 Å². The van der Waals surface area contributed by atoms with E-state index in [4.69, 9.17) is 9.97 Å². The molecular formula is C17H26N6O2. The molecule has 1 fully saturated rings. The van der Waals surface area contributed by atoms with E-state index in [0.29, 0.717) is 13.1 Å². The van der Waals surface area contributed by atoms with Crippen molar-refractivity contribution in [2.45, 2.75) is 32.2 Å². The second-order valence-corrected chi connectivity index (χ2v) is 6.83. The predicted octanol–water partition coefficient (Wildman–Crippen LogP) is -0.0418. The highest BCUT2D eigenvalue weighted by molar-refractivity contribution is 5.83. The van der Waals surface area contributed by atoms with E-state index in [2.05, 4.69) is 22.6 Å². The van der Waals surface area contributed by atoms with Crippen LogP contribution in [0.5, 0.6) is 0 Å². The molecule has 2 aliphatic heterocycles. The molecule has 0 radical (unpaired) electrons. The molecule has 0 saturated carbocycles. The molecule has 2 N–H and O–H groups in total. The quantitative estimate of drug-likeness (QED) is 0.795. The molecule has 1 aromatic rings. The molecule has 2 amide bonds. The van der Waals surface area contributed by atoms with Gasteiger partial charge in [-0.1, -0.05) is 0 Å². The van der Waals surface area contributed by atoms with Crippen molar-refractivity contribution in [2.75, 3.05) is 45.6 Å². The Morgan fingerprint density at radius 2 is 2.08 bits per heavy atom. The van der Waals surface area contributed by atoms with Crippen LogP contribution in [0.15, 0.2) is 0 Å². The number of rotatable bonds is 4. The summed E-state index contributed by atoms with van der Waals surface area (Å²) in [5, 5.41) is 5.77. The van der Waals surface area contributed by atoms with Gasteiger partial charge < -0.3 is 20.4 Å². The lowest BCUT2D eigenvalue weighted by Crippen LogP contribution is -2.38. The Morgan fingerprint density at radius 1 is 1.28 bits per heavy atom. The average molecular weight is 346 g/mol. The molecule has 1 atom stereocenters. The summed E-state index contributed by atoms with van der Waals surface area (Å²) in [5.74, 6) is 1.63. The maximum atomic E-state index is 12.2. The van der Waals surface area contributed by atoms with Crippen LogP contribution in [-0.4, -0.2) is 71.9 Å². The molecule has 0 spiro atoms. The van der Waals surface area contributed by atoms with E-state index < -0.39 is 0 Å². The van der Waals surface area contributed by atoms with Gasteiger partial charge in [0, 0.05) is 51.6 Å². The molecule has 25 heavy (non-hydrogen) atoms. The molecule has 8 heteroatoms. The third-order valence-corrected chi connectivity index (χ3v) is 4.90. The van der Waals surface area contributed by atoms with E-state index in [1.54, 1.807) is 4.90 Å². The summed E-state index contributed by atoms with van der Waals surface area (Å²) in [6.07, 6.45) is 1.80. The third kappa shape index (κ3) is 3.89. The fourth-order valence-electron chi connectivity index (χ4n) is 3.48. The lowest BCUT2D eigenvalue weighted by molar-refractivity contribution is -0.131. The smallest absolute Gasteiger partial charge is 0.241 e. The van der Waals surface area contributed by atoms with Crippen molar-refractivity contribution in [3.63, 3.8) is 0 Å². The molecule has 8 nitrogen and oxygen atoms in total. The summed E-state index contributed by atoms with van der Waals surface area (Å²) in [5.41, 5.74) is 2.30. The van der Waals surface area contributed by atoms with Gasteiger partial charge in [0.05, 0.1) is 12.2 Å². The minimum absolute atomic E-state index is 0.0516. The number of hydrogen-bond donors (Lipinski definition) is 2. The van der Waals surface area contributed by atoms with E-state index in [1.807, 2.05) is 7.05 Å². The van der Waals surface area contributed by atoms with Crippen molar-refractivity contribution in [3.05, 3.63) is 17.1 Å². The number of carbonyl (C=O) groups excluding carboxylic acids is 2. The minimum atomic E-state index is -0.190. The van der Waals surface area contributed by atoms with E-state index >= 15 is 0 Å². The normalized spacial score (nSPS) is 20.3. The summed E-state index contributed by atoms with van der Waals surface area (Å²) in [6.45, 7) is 4.60. The second kappa shape index (κ2) is 7.35. The van der Waals surface area contributed by atoms with Crippen molar-refractivity contribution in [2.24, 2.45) is 0 Å². The van der Waals surface area contributed by atoms with Crippen molar-refractivity contribution in [1.29, 1.82) is 0 Å². The molecule has 1 saturated heterocycles. The standard InChI is InChI=1S/C17H26N6O2/c1-11(24)19-8-15(25)23-7-4-12(9-23)16-20-14-10-22(3)6-5-13(14)17(18-2)21-16/h12H,4-10H2,1-3H3,(H,19,24)(H,18,20,21)/t12-/m1/s1. The van der Waals surface area contributed by atoms with Gasteiger partial charge in [0.15, 0.2) is 0 Å². The maximum Gasteiger partial charge on any atom is 0.241 e. The summed E-state index contributed by atoms with van der Waals surface area (Å²) in [4.78, 5) is 36.7. The third-order valence-electron chi connectivity index (χ3n) is 4.90. The molecule has 3 rings (SSSR count). The average Bonchev–Trinajstić information content (AvgIpc) is 3.08. The van der Waals surface area contributed by atoms with Crippen LogP contribution in [0.3, 0.4) is 0 Å². The van der Waals surface area contributed by atoms with Gasteiger partial charge in [0.25, 0.3) is 0 Å². The van der Waals surface area contributed by atoms with Gasteiger partial charge in [-0.3, -0.25) is 9.59 Å². The number of fused-ring (bicyclic) bond motifs is 1. The Kier molecular flexibility index (Phi) is 5.17. The number of nitrogens with one attached hydrogen (secondary N) is 2.